The molecule has 0 aliphatic carbocycles. The molecule has 0 radical (unpaired) electrons. The van der Waals surface area contributed by atoms with Crippen LogP contribution in [0.5, 0.6) is 5.75 Å². The van der Waals surface area contributed by atoms with E-state index in [0.717, 1.165) is 12.0 Å². The van der Waals surface area contributed by atoms with Gasteiger partial charge in [-0.1, -0.05) is 38.5 Å². The lowest BCUT2D eigenvalue weighted by atomic mass is 9.85. The van der Waals surface area contributed by atoms with Crippen molar-refractivity contribution in [2.45, 2.75) is 59.5 Å². The summed E-state index contributed by atoms with van der Waals surface area (Å²) in [5.41, 5.74) is 0.539. The van der Waals surface area contributed by atoms with Gasteiger partial charge in [-0.3, -0.25) is 9.59 Å². The molecule has 1 aromatic carbocycles. The number of carbonyl (C=O) groups is 3. The number of aryl methyl sites for hydroxylation is 1. The van der Waals surface area contributed by atoms with Crippen LogP contribution in [0.1, 0.15) is 46.1 Å². The fourth-order valence-corrected chi connectivity index (χ4v) is 3.13. The van der Waals surface area contributed by atoms with Crippen molar-refractivity contribution >= 4 is 17.8 Å². The Bertz CT molecular complexity index is 676. The first-order chi connectivity index (χ1) is 12.1. The third kappa shape index (κ3) is 4.84. The SMILES string of the molecule is CC(=O)[C@@H]1CCCN1C(=O)[C@@H](NC(=O)Oc1ccc(C)cc1)C(C)(C)C. The van der Waals surface area contributed by atoms with Crippen molar-refractivity contribution in [3.8, 4) is 5.75 Å². The van der Waals surface area contributed by atoms with Gasteiger partial charge < -0.3 is 15.0 Å². The van der Waals surface area contributed by atoms with Gasteiger partial charge in [0, 0.05) is 6.54 Å². The van der Waals surface area contributed by atoms with Gasteiger partial charge in [0.1, 0.15) is 11.8 Å². The topological polar surface area (TPSA) is 75.7 Å². The van der Waals surface area contributed by atoms with Crippen LogP contribution in [0.25, 0.3) is 0 Å². The van der Waals surface area contributed by atoms with Crippen molar-refractivity contribution in [2.75, 3.05) is 6.54 Å². The van der Waals surface area contributed by atoms with E-state index in [2.05, 4.69) is 5.32 Å². The van der Waals surface area contributed by atoms with Gasteiger partial charge in [-0.05, 0) is 44.2 Å². The van der Waals surface area contributed by atoms with Gasteiger partial charge in [-0.15, -0.1) is 0 Å². The molecule has 6 heteroatoms. The summed E-state index contributed by atoms with van der Waals surface area (Å²) >= 11 is 0. The molecule has 1 aliphatic heterocycles. The first-order valence-corrected chi connectivity index (χ1v) is 8.95. The Labute approximate surface area is 154 Å². The van der Waals surface area contributed by atoms with E-state index in [4.69, 9.17) is 4.74 Å². The first kappa shape index (κ1) is 19.9. The van der Waals surface area contributed by atoms with Gasteiger partial charge in [0.05, 0.1) is 6.04 Å². The monoisotopic (exact) mass is 360 g/mol. The minimum atomic E-state index is -0.777. The Kier molecular flexibility index (Phi) is 6.05. The largest absolute Gasteiger partial charge is 0.413 e. The van der Waals surface area contributed by atoms with Crippen LogP contribution >= 0.6 is 0 Å². The summed E-state index contributed by atoms with van der Waals surface area (Å²) < 4.78 is 5.29. The van der Waals surface area contributed by atoms with Crippen molar-refractivity contribution in [2.24, 2.45) is 5.41 Å². The number of hydrogen-bond donors (Lipinski definition) is 1. The number of ether oxygens (including phenoxy) is 1. The van der Waals surface area contributed by atoms with E-state index in [0.29, 0.717) is 18.7 Å². The Morgan fingerprint density at radius 1 is 1.19 bits per heavy atom. The number of nitrogens with one attached hydrogen (secondary N) is 1. The predicted molar refractivity (Wildman–Crippen MR) is 99.0 cm³/mol. The summed E-state index contributed by atoms with van der Waals surface area (Å²) in [7, 11) is 0. The molecule has 1 saturated heterocycles. The number of benzene rings is 1. The maximum absolute atomic E-state index is 13.0. The Balaban J connectivity index is 2.12. The van der Waals surface area contributed by atoms with Crippen molar-refractivity contribution < 1.29 is 19.1 Å². The quantitative estimate of drug-likeness (QED) is 0.895. The Hall–Kier alpha value is -2.37. The number of amides is 2. The molecule has 6 nitrogen and oxygen atoms in total. The van der Waals surface area contributed by atoms with Crippen LogP contribution in [0.4, 0.5) is 4.79 Å². The molecule has 2 amide bonds. The zero-order valence-corrected chi connectivity index (χ0v) is 16.2. The smallest absolute Gasteiger partial charge is 0.410 e. The molecular formula is C20H28N2O4. The molecule has 2 atom stereocenters. The summed E-state index contributed by atoms with van der Waals surface area (Å²) in [4.78, 5) is 38.8. The van der Waals surface area contributed by atoms with Crippen LogP contribution in [-0.4, -0.2) is 41.3 Å². The lowest BCUT2D eigenvalue weighted by Crippen LogP contribution is -2.57. The van der Waals surface area contributed by atoms with E-state index in [1.54, 1.807) is 17.0 Å². The second-order valence-electron chi connectivity index (χ2n) is 7.95. The summed E-state index contributed by atoms with van der Waals surface area (Å²) in [6.45, 7) is 9.60. The van der Waals surface area contributed by atoms with Gasteiger partial charge in [-0.25, -0.2) is 4.79 Å². The van der Waals surface area contributed by atoms with Crippen LogP contribution in [0.3, 0.4) is 0 Å². The van der Waals surface area contributed by atoms with Crippen molar-refractivity contribution in [3.63, 3.8) is 0 Å². The Morgan fingerprint density at radius 3 is 2.35 bits per heavy atom. The van der Waals surface area contributed by atoms with E-state index in [1.807, 2.05) is 39.8 Å². The van der Waals surface area contributed by atoms with Gasteiger partial charge in [0.2, 0.25) is 5.91 Å². The third-order valence-electron chi connectivity index (χ3n) is 4.61. The predicted octanol–water partition coefficient (Wildman–Crippen LogP) is 3.08. The van der Waals surface area contributed by atoms with Crippen LogP contribution in [0.15, 0.2) is 24.3 Å². The molecule has 0 aromatic heterocycles. The highest BCUT2D eigenvalue weighted by atomic mass is 16.6. The van der Waals surface area contributed by atoms with Crippen molar-refractivity contribution in [1.29, 1.82) is 0 Å². The molecule has 2 rings (SSSR count). The highest BCUT2D eigenvalue weighted by molar-refractivity contribution is 5.92. The van der Waals surface area contributed by atoms with E-state index in [9.17, 15) is 14.4 Å². The molecule has 0 saturated carbocycles. The summed E-state index contributed by atoms with van der Waals surface area (Å²) in [6.07, 6.45) is 0.785. The van der Waals surface area contributed by atoms with E-state index >= 15 is 0 Å². The number of hydrogen-bond acceptors (Lipinski definition) is 4. The lowest BCUT2D eigenvalue weighted by Gasteiger charge is -2.34. The summed E-state index contributed by atoms with van der Waals surface area (Å²) in [6, 6.07) is 5.92. The first-order valence-electron chi connectivity index (χ1n) is 8.95. The maximum atomic E-state index is 13.0. The van der Waals surface area contributed by atoms with Gasteiger partial charge in [-0.2, -0.15) is 0 Å². The van der Waals surface area contributed by atoms with Crippen molar-refractivity contribution in [3.05, 3.63) is 29.8 Å². The highest BCUT2D eigenvalue weighted by Crippen LogP contribution is 2.26. The molecule has 1 aromatic rings. The third-order valence-corrected chi connectivity index (χ3v) is 4.61. The molecule has 0 unspecified atom stereocenters. The van der Waals surface area contributed by atoms with Gasteiger partial charge in [0.25, 0.3) is 0 Å². The molecule has 1 N–H and O–H groups in total. The number of nitrogens with zero attached hydrogens (tertiary/aromatic N) is 1. The highest BCUT2D eigenvalue weighted by Gasteiger charge is 2.41. The molecule has 1 heterocycles. The molecule has 26 heavy (non-hydrogen) atoms. The van der Waals surface area contributed by atoms with Crippen LogP contribution in [0, 0.1) is 12.3 Å². The molecule has 1 fully saturated rings. The fraction of sp³-hybridized carbons (Fsp3) is 0.550. The zero-order valence-electron chi connectivity index (χ0n) is 16.2. The van der Waals surface area contributed by atoms with Crippen molar-refractivity contribution in [1.82, 2.24) is 10.2 Å². The van der Waals surface area contributed by atoms with Crippen LogP contribution < -0.4 is 10.1 Å². The molecule has 0 spiro atoms. The normalized spacial score (nSPS) is 18.3. The van der Waals surface area contributed by atoms with Gasteiger partial charge in [0.15, 0.2) is 5.78 Å². The minimum absolute atomic E-state index is 0.0225. The average molecular weight is 360 g/mol. The number of rotatable bonds is 4. The number of ketones is 1. The fourth-order valence-electron chi connectivity index (χ4n) is 3.13. The number of carbonyl (C=O) groups excluding carboxylic acids is 3. The molecule has 0 bridgehead atoms. The lowest BCUT2D eigenvalue weighted by molar-refractivity contribution is -0.140. The summed E-state index contributed by atoms with van der Waals surface area (Å²) in [5.74, 6) is 0.151. The van der Waals surface area contributed by atoms with E-state index < -0.39 is 23.6 Å². The second kappa shape index (κ2) is 7.89. The molecular weight excluding hydrogens is 332 g/mol. The van der Waals surface area contributed by atoms with E-state index in [-0.39, 0.29) is 11.7 Å². The van der Waals surface area contributed by atoms with Crippen LogP contribution in [0.2, 0.25) is 0 Å². The number of Topliss-reactive ketones (excluding diaryl/α,β-unsaturated/α-hetero) is 1. The van der Waals surface area contributed by atoms with E-state index in [1.165, 1.54) is 6.92 Å². The maximum Gasteiger partial charge on any atom is 0.413 e. The minimum Gasteiger partial charge on any atom is -0.410 e. The Morgan fingerprint density at radius 2 is 1.81 bits per heavy atom. The molecule has 142 valence electrons. The standard InChI is InChI=1S/C20H28N2O4/c1-13-8-10-15(11-9-13)26-19(25)21-17(20(3,4)5)18(24)22-12-6-7-16(22)14(2)23/h8-11,16-17H,6-7,12H2,1-5H3,(H,21,25)/t16-,17+/m0/s1. The zero-order chi connectivity index (χ0) is 19.5. The molecule has 1 aliphatic rings. The van der Waals surface area contributed by atoms with Gasteiger partial charge >= 0.3 is 6.09 Å². The van der Waals surface area contributed by atoms with Crippen LogP contribution in [-0.2, 0) is 9.59 Å². The summed E-state index contributed by atoms with van der Waals surface area (Å²) in [5, 5.41) is 2.69. The average Bonchev–Trinajstić information content (AvgIpc) is 3.03. The second-order valence-corrected chi connectivity index (χ2v) is 7.95. The number of likely N-dealkylation sites (tertiary alicyclic amines) is 1.